The Balaban J connectivity index is 1.26. The summed E-state index contributed by atoms with van der Waals surface area (Å²) in [4.78, 5) is 0. The highest BCUT2D eigenvalue weighted by molar-refractivity contribution is 5.71. The first-order valence-corrected chi connectivity index (χ1v) is 15.2. The zero-order valence-corrected chi connectivity index (χ0v) is 22.7. The lowest BCUT2D eigenvalue weighted by molar-refractivity contribution is 0.304. The molecule has 2 aliphatic carbocycles. The number of rotatable bonds is 12. The smallest absolute Gasteiger partial charge is 0.0162 e. The van der Waals surface area contributed by atoms with Gasteiger partial charge >= 0.3 is 0 Å². The third kappa shape index (κ3) is 7.83. The molecule has 0 aliphatic heterocycles. The van der Waals surface area contributed by atoms with Crippen molar-refractivity contribution in [2.75, 3.05) is 0 Å². The van der Waals surface area contributed by atoms with Gasteiger partial charge in [-0.25, -0.2) is 0 Å². The summed E-state index contributed by atoms with van der Waals surface area (Å²) in [7, 11) is 0. The zero-order chi connectivity index (χ0) is 24.3. The van der Waals surface area contributed by atoms with E-state index in [1.807, 2.05) is 0 Å². The Morgan fingerprint density at radius 3 is 1.80 bits per heavy atom. The van der Waals surface area contributed by atoms with Gasteiger partial charge in [0, 0.05) is 0 Å². The summed E-state index contributed by atoms with van der Waals surface area (Å²) in [6, 6.07) is 18.9. The van der Waals surface area contributed by atoms with Crippen molar-refractivity contribution in [3.05, 3.63) is 65.7 Å². The molecule has 2 aliphatic rings. The molecule has 0 heteroatoms. The highest BCUT2D eigenvalue weighted by Gasteiger charge is 2.22. The van der Waals surface area contributed by atoms with E-state index < -0.39 is 0 Å². The molecule has 0 N–H and O–H groups in total. The normalized spacial score (nSPS) is 22.7. The number of hydrogen-bond donors (Lipinski definition) is 0. The Hall–Kier alpha value is -1.82. The van der Waals surface area contributed by atoms with Gasteiger partial charge in [0.15, 0.2) is 0 Å². The number of hydrogen-bond acceptors (Lipinski definition) is 0. The fourth-order valence-electron chi connectivity index (χ4n) is 6.55. The van der Waals surface area contributed by atoms with Crippen LogP contribution in [-0.4, -0.2) is 0 Å². The van der Waals surface area contributed by atoms with E-state index in [0.717, 1.165) is 17.8 Å². The van der Waals surface area contributed by atoms with E-state index >= 15 is 0 Å². The molecule has 0 saturated heterocycles. The van der Waals surface area contributed by atoms with E-state index in [0.29, 0.717) is 0 Å². The van der Waals surface area contributed by atoms with Crippen LogP contribution in [0.25, 0.3) is 16.7 Å². The first-order chi connectivity index (χ1) is 17.3. The molecule has 4 rings (SSSR count). The quantitative estimate of drug-likeness (QED) is 0.270. The lowest BCUT2D eigenvalue weighted by atomic mass is 9.77. The van der Waals surface area contributed by atoms with Gasteiger partial charge in [-0.1, -0.05) is 126 Å². The van der Waals surface area contributed by atoms with Crippen molar-refractivity contribution in [1.82, 2.24) is 0 Å². The average Bonchev–Trinajstić information content (AvgIpc) is 2.93. The molecular formula is C35H50. The molecular weight excluding hydrogens is 420 g/mol. The van der Waals surface area contributed by atoms with Crippen LogP contribution >= 0.6 is 0 Å². The van der Waals surface area contributed by atoms with E-state index in [2.05, 4.69) is 68.5 Å². The Labute approximate surface area is 216 Å². The average molecular weight is 471 g/mol. The number of allylic oxidation sites excluding steroid dienone is 2. The standard InChI is InChI=1S/C35H50/c1-3-5-7-8-9-11-29-14-18-31(19-15-29)33-22-26-35(27-23-33)34-24-20-32(21-25-34)30-16-12-28(13-17-30)10-6-4-2/h18,20-30H,3-17,19H2,1-2H3. The van der Waals surface area contributed by atoms with Crippen LogP contribution in [0.15, 0.2) is 54.6 Å². The number of benzene rings is 2. The summed E-state index contributed by atoms with van der Waals surface area (Å²) in [5, 5.41) is 0. The first-order valence-electron chi connectivity index (χ1n) is 15.2. The van der Waals surface area contributed by atoms with Crippen molar-refractivity contribution in [3.8, 4) is 11.1 Å². The van der Waals surface area contributed by atoms with Crippen LogP contribution in [0.2, 0.25) is 0 Å². The van der Waals surface area contributed by atoms with E-state index in [1.165, 1.54) is 119 Å². The monoisotopic (exact) mass is 470 g/mol. The molecule has 1 saturated carbocycles. The van der Waals surface area contributed by atoms with Crippen LogP contribution in [0.4, 0.5) is 0 Å². The van der Waals surface area contributed by atoms with Gasteiger partial charge in [0.2, 0.25) is 0 Å². The molecule has 1 unspecified atom stereocenters. The Kier molecular flexibility index (Phi) is 10.5. The van der Waals surface area contributed by atoms with Crippen molar-refractivity contribution < 1.29 is 0 Å². The van der Waals surface area contributed by atoms with Gasteiger partial charge in [0.05, 0.1) is 0 Å². The molecule has 0 heterocycles. The Bertz CT molecular complexity index is 877. The van der Waals surface area contributed by atoms with Crippen LogP contribution in [0, 0.1) is 11.8 Å². The summed E-state index contributed by atoms with van der Waals surface area (Å²) in [6.07, 6.45) is 24.8. The van der Waals surface area contributed by atoms with E-state index in [-0.39, 0.29) is 0 Å². The molecule has 35 heavy (non-hydrogen) atoms. The van der Waals surface area contributed by atoms with Gasteiger partial charge in [-0.3, -0.25) is 0 Å². The fraction of sp³-hybridized carbons (Fsp3) is 0.600. The van der Waals surface area contributed by atoms with Crippen molar-refractivity contribution in [2.45, 2.75) is 122 Å². The molecule has 1 atom stereocenters. The lowest BCUT2D eigenvalue weighted by Crippen LogP contribution is -2.13. The first kappa shape index (κ1) is 26.2. The minimum absolute atomic E-state index is 0.780. The summed E-state index contributed by atoms with van der Waals surface area (Å²) in [5.74, 6) is 2.69. The second-order valence-electron chi connectivity index (χ2n) is 11.6. The molecule has 0 spiro atoms. The minimum Gasteiger partial charge on any atom is -0.0804 e. The molecule has 190 valence electrons. The summed E-state index contributed by atoms with van der Waals surface area (Å²) in [5.41, 5.74) is 7.28. The maximum Gasteiger partial charge on any atom is -0.0162 e. The Morgan fingerprint density at radius 1 is 0.571 bits per heavy atom. The highest BCUT2D eigenvalue weighted by atomic mass is 14.3. The lowest BCUT2D eigenvalue weighted by Gasteiger charge is -2.29. The van der Waals surface area contributed by atoms with E-state index in [1.54, 1.807) is 11.1 Å². The van der Waals surface area contributed by atoms with Crippen LogP contribution in [-0.2, 0) is 0 Å². The molecule has 2 aromatic carbocycles. The highest BCUT2D eigenvalue weighted by Crippen LogP contribution is 2.38. The topological polar surface area (TPSA) is 0 Å². The molecule has 0 radical (unpaired) electrons. The van der Waals surface area contributed by atoms with Gasteiger partial charge in [0.1, 0.15) is 0 Å². The third-order valence-electron chi connectivity index (χ3n) is 9.02. The molecule has 0 amide bonds. The van der Waals surface area contributed by atoms with Gasteiger partial charge in [-0.15, -0.1) is 0 Å². The van der Waals surface area contributed by atoms with Crippen LogP contribution in [0.3, 0.4) is 0 Å². The van der Waals surface area contributed by atoms with Crippen molar-refractivity contribution in [1.29, 1.82) is 0 Å². The summed E-state index contributed by atoms with van der Waals surface area (Å²) < 4.78 is 0. The molecule has 1 fully saturated rings. The van der Waals surface area contributed by atoms with Gasteiger partial charge in [-0.2, -0.15) is 0 Å². The van der Waals surface area contributed by atoms with Crippen LogP contribution < -0.4 is 0 Å². The molecule has 0 nitrogen and oxygen atoms in total. The molecule has 2 aromatic rings. The summed E-state index contributed by atoms with van der Waals surface area (Å²) in [6.45, 7) is 4.62. The predicted octanol–water partition coefficient (Wildman–Crippen LogP) is 11.4. The zero-order valence-electron chi connectivity index (χ0n) is 22.7. The SMILES string of the molecule is CCCCCCCC1CC=C(c2ccc(-c3ccc(C4CCC(CCCC)CC4)cc3)cc2)CC1. The van der Waals surface area contributed by atoms with E-state index in [4.69, 9.17) is 0 Å². The molecule has 0 aromatic heterocycles. The largest absolute Gasteiger partial charge is 0.0804 e. The Morgan fingerprint density at radius 2 is 1.17 bits per heavy atom. The van der Waals surface area contributed by atoms with E-state index in [9.17, 15) is 0 Å². The maximum absolute atomic E-state index is 2.54. The van der Waals surface area contributed by atoms with Crippen LogP contribution in [0.5, 0.6) is 0 Å². The maximum atomic E-state index is 2.54. The molecule has 0 bridgehead atoms. The fourth-order valence-corrected chi connectivity index (χ4v) is 6.55. The van der Waals surface area contributed by atoms with Crippen molar-refractivity contribution >= 4 is 5.57 Å². The second kappa shape index (κ2) is 14.1. The van der Waals surface area contributed by atoms with Gasteiger partial charge in [-0.05, 0) is 90.5 Å². The third-order valence-corrected chi connectivity index (χ3v) is 9.02. The van der Waals surface area contributed by atoms with Crippen LogP contribution in [0.1, 0.15) is 134 Å². The van der Waals surface area contributed by atoms with Crippen molar-refractivity contribution in [2.24, 2.45) is 11.8 Å². The van der Waals surface area contributed by atoms with Gasteiger partial charge in [0.25, 0.3) is 0 Å². The second-order valence-corrected chi connectivity index (χ2v) is 11.6. The summed E-state index contributed by atoms with van der Waals surface area (Å²) >= 11 is 0. The van der Waals surface area contributed by atoms with Gasteiger partial charge < -0.3 is 0 Å². The number of unbranched alkanes of at least 4 members (excludes halogenated alkanes) is 5. The predicted molar refractivity (Wildman–Crippen MR) is 155 cm³/mol. The van der Waals surface area contributed by atoms with Crippen molar-refractivity contribution in [3.63, 3.8) is 0 Å². The minimum atomic E-state index is 0.780.